The molecule has 3 N–H and O–H groups in total. The quantitative estimate of drug-likeness (QED) is 0.584. The van der Waals surface area contributed by atoms with E-state index in [1.807, 2.05) is 0 Å². The smallest absolute Gasteiger partial charge is 0.0570 e. The Hall–Kier alpha value is -0.120. The predicted octanol–water partition coefficient (Wildman–Crippen LogP) is 0.403. The van der Waals surface area contributed by atoms with Gasteiger partial charge in [0, 0.05) is 12.1 Å². The molecule has 0 saturated heterocycles. The van der Waals surface area contributed by atoms with Crippen LogP contribution in [0.2, 0.25) is 0 Å². The van der Waals surface area contributed by atoms with Gasteiger partial charge in [-0.1, -0.05) is 0 Å². The van der Waals surface area contributed by atoms with E-state index in [4.69, 9.17) is 5.11 Å². The summed E-state index contributed by atoms with van der Waals surface area (Å²) < 4.78 is 0. The second-order valence-corrected chi connectivity index (χ2v) is 4.49. The second kappa shape index (κ2) is 3.95. The van der Waals surface area contributed by atoms with E-state index in [1.54, 1.807) is 0 Å². The van der Waals surface area contributed by atoms with Gasteiger partial charge in [-0.3, -0.25) is 0 Å². The monoisotopic (exact) mass is 185 g/mol. The van der Waals surface area contributed by atoms with Crippen molar-refractivity contribution in [2.45, 2.75) is 62.8 Å². The normalized spacial score (nSPS) is 45.7. The molecule has 0 radical (unpaired) electrons. The minimum absolute atomic E-state index is 0.0633. The van der Waals surface area contributed by atoms with Gasteiger partial charge in [-0.05, 0) is 38.5 Å². The van der Waals surface area contributed by atoms with Crippen LogP contribution in [-0.2, 0) is 0 Å². The van der Waals surface area contributed by atoms with Crippen LogP contribution in [0.3, 0.4) is 0 Å². The highest BCUT2D eigenvalue weighted by Crippen LogP contribution is 2.24. The molecule has 3 heteroatoms. The first kappa shape index (κ1) is 9.44. The number of aliphatic hydroxyl groups excluding tert-OH is 2. The maximum atomic E-state index is 9.31. The highest BCUT2D eigenvalue weighted by Gasteiger charge is 2.30. The molecule has 2 saturated carbocycles. The van der Waals surface area contributed by atoms with Crippen LogP contribution in [0.15, 0.2) is 0 Å². The van der Waals surface area contributed by atoms with E-state index in [9.17, 15) is 5.11 Å². The molecule has 2 aliphatic rings. The lowest BCUT2D eigenvalue weighted by atomic mass is 9.86. The van der Waals surface area contributed by atoms with Crippen molar-refractivity contribution in [3.63, 3.8) is 0 Å². The van der Waals surface area contributed by atoms with Gasteiger partial charge in [0.1, 0.15) is 0 Å². The zero-order valence-electron chi connectivity index (χ0n) is 7.95. The van der Waals surface area contributed by atoms with Crippen LogP contribution in [0.5, 0.6) is 0 Å². The summed E-state index contributed by atoms with van der Waals surface area (Å²) in [5.41, 5.74) is 0. The van der Waals surface area contributed by atoms with Crippen molar-refractivity contribution in [3.8, 4) is 0 Å². The summed E-state index contributed by atoms with van der Waals surface area (Å²) in [4.78, 5) is 0. The summed E-state index contributed by atoms with van der Waals surface area (Å²) >= 11 is 0. The van der Waals surface area contributed by atoms with E-state index >= 15 is 0 Å². The maximum absolute atomic E-state index is 9.31. The Morgan fingerprint density at radius 2 is 1.38 bits per heavy atom. The Kier molecular flexibility index (Phi) is 2.86. The van der Waals surface area contributed by atoms with Gasteiger partial charge in [-0.15, -0.1) is 0 Å². The molecule has 3 nitrogen and oxygen atoms in total. The number of nitrogens with one attached hydrogen (secondary N) is 1. The molecular weight excluding hydrogens is 166 g/mol. The molecule has 0 amide bonds. The molecule has 0 unspecified atom stereocenters. The van der Waals surface area contributed by atoms with Crippen molar-refractivity contribution in [1.82, 2.24) is 5.32 Å². The van der Waals surface area contributed by atoms with E-state index in [1.165, 1.54) is 0 Å². The topological polar surface area (TPSA) is 52.5 Å². The molecule has 0 bridgehead atoms. The van der Waals surface area contributed by atoms with Gasteiger partial charge in [0.2, 0.25) is 0 Å². The van der Waals surface area contributed by atoms with Gasteiger partial charge in [0.15, 0.2) is 0 Å². The summed E-state index contributed by atoms with van der Waals surface area (Å²) in [6, 6.07) is 1.12. The number of hydrogen-bond donors (Lipinski definition) is 3. The summed E-state index contributed by atoms with van der Waals surface area (Å²) in [6.07, 6.45) is 5.76. The predicted molar refractivity (Wildman–Crippen MR) is 50.4 cm³/mol. The van der Waals surface area contributed by atoms with Crippen molar-refractivity contribution < 1.29 is 10.2 Å². The molecule has 0 aromatic carbocycles. The van der Waals surface area contributed by atoms with Gasteiger partial charge in [-0.25, -0.2) is 0 Å². The van der Waals surface area contributed by atoms with Crippen molar-refractivity contribution in [3.05, 3.63) is 0 Å². The molecule has 76 valence electrons. The zero-order valence-corrected chi connectivity index (χ0v) is 7.95. The van der Waals surface area contributed by atoms with E-state index < -0.39 is 0 Å². The minimum atomic E-state index is -0.0648. The number of rotatable bonds is 2. The SMILES string of the molecule is OC1CCC(NC2CC(O)C2)CC1. The lowest BCUT2D eigenvalue weighted by Gasteiger charge is -2.37. The molecule has 0 aromatic rings. The summed E-state index contributed by atoms with van der Waals surface area (Å²) in [6.45, 7) is 0. The standard InChI is InChI=1S/C10H19NO2/c12-9-3-1-7(2-4-9)11-8-5-10(13)6-8/h7-13H,1-6H2. The molecule has 13 heavy (non-hydrogen) atoms. The van der Waals surface area contributed by atoms with Crippen molar-refractivity contribution in [2.75, 3.05) is 0 Å². The first-order valence-corrected chi connectivity index (χ1v) is 5.36. The maximum Gasteiger partial charge on any atom is 0.0570 e. The Bertz CT molecular complexity index is 160. The largest absolute Gasteiger partial charge is 0.393 e. The third-order valence-electron chi connectivity index (χ3n) is 3.28. The second-order valence-electron chi connectivity index (χ2n) is 4.49. The molecule has 0 atom stereocenters. The molecule has 2 aliphatic carbocycles. The van der Waals surface area contributed by atoms with Crippen LogP contribution in [0, 0.1) is 0 Å². The van der Waals surface area contributed by atoms with Crippen LogP contribution >= 0.6 is 0 Å². The molecule has 0 spiro atoms. The molecule has 2 fully saturated rings. The van der Waals surface area contributed by atoms with Gasteiger partial charge >= 0.3 is 0 Å². The zero-order chi connectivity index (χ0) is 9.26. The number of hydrogen-bond acceptors (Lipinski definition) is 3. The van der Waals surface area contributed by atoms with E-state index in [0.29, 0.717) is 12.1 Å². The van der Waals surface area contributed by atoms with E-state index in [0.717, 1.165) is 38.5 Å². The van der Waals surface area contributed by atoms with E-state index in [2.05, 4.69) is 5.32 Å². The van der Waals surface area contributed by atoms with Crippen LogP contribution in [-0.4, -0.2) is 34.5 Å². The Labute approximate surface area is 79.2 Å². The average molecular weight is 185 g/mol. The van der Waals surface area contributed by atoms with Crippen LogP contribution < -0.4 is 5.32 Å². The van der Waals surface area contributed by atoms with Gasteiger partial charge in [0.05, 0.1) is 12.2 Å². The Morgan fingerprint density at radius 1 is 0.769 bits per heavy atom. The van der Waals surface area contributed by atoms with Gasteiger partial charge < -0.3 is 15.5 Å². The first-order valence-electron chi connectivity index (χ1n) is 5.36. The summed E-state index contributed by atoms with van der Waals surface area (Å²) in [5.74, 6) is 0. The fourth-order valence-electron chi connectivity index (χ4n) is 2.30. The first-order chi connectivity index (χ1) is 6.24. The fraction of sp³-hybridized carbons (Fsp3) is 1.00. The molecular formula is C10H19NO2. The van der Waals surface area contributed by atoms with Crippen molar-refractivity contribution in [1.29, 1.82) is 0 Å². The molecule has 0 heterocycles. The highest BCUT2D eigenvalue weighted by atomic mass is 16.3. The van der Waals surface area contributed by atoms with E-state index in [-0.39, 0.29) is 12.2 Å². The fourth-order valence-corrected chi connectivity index (χ4v) is 2.30. The van der Waals surface area contributed by atoms with Crippen LogP contribution in [0.1, 0.15) is 38.5 Å². The minimum Gasteiger partial charge on any atom is -0.393 e. The Morgan fingerprint density at radius 3 is 1.92 bits per heavy atom. The lowest BCUT2D eigenvalue weighted by Crippen LogP contribution is -2.49. The van der Waals surface area contributed by atoms with Crippen molar-refractivity contribution in [2.24, 2.45) is 0 Å². The summed E-state index contributed by atoms with van der Waals surface area (Å²) in [5, 5.41) is 22.0. The Balaban J connectivity index is 1.65. The molecule has 0 aliphatic heterocycles. The highest BCUT2D eigenvalue weighted by molar-refractivity contribution is 4.88. The van der Waals surface area contributed by atoms with Crippen LogP contribution in [0.4, 0.5) is 0 Å². The third kappa shape index (κ3) is 2.42. The van der Waals surface area contributed by atoms with Gasteiger partial charge in [0.25, 0.3) is 0 Å². The van der Waals surface area contributed by atoms with Crippen molar-refractivity contribution >= 4 is 0 Å². The number of aliphatic hydroxyl groups is 2. The molecule has 2 rings (SSSR count). The molecule has 0 aromatic heterocycles. The summed E-state index contributed by atoms with van der Waals surface area (Å²) in [7, 11) is 0. The van der Waals surface area contributed by atoms with Crippen LogP contribution in [0.25, 0.3) is 0 Å². The average Bonchev–Trinajstić information content (AvgIpc) is 2.06. The van der Waals surface area contributed by atoms with Gasteiger partial charge in [-0.2, -0.15) is 0 Å². The lowest BCUT2D eigenvalue weighted by molar-refractivity contribution is 0.0485. The third-order valence-corrected chi connectivity index (χ3v) is 3.28.